The highest BCUT2D eigenvalue weighted by molar-refractivity contribution is 6.05. The van der Waals surface area contributed by atoms with Crippen molar-refractivity contribution in [1.29, 1.82) is 0 Å². The minimum atomic E-state index is -0.192. The number of anilines is 2. The number of aromatic amines is 1. The maximum atomic E-state index is 12.0. The van der Waals surface area contributed by atoms with Gasteiger partial charge in [0.15, 0.2) is 0 Å². The number of nitrogens with two attached hydrogens (primary N) is 1. The van der Waals surface area contributed by atoms with Crippen LogP contribution in [0.3, 0.4) is 0 Å². The molecule has 0 aliphatic carbocycles. The van der Waals surface area contributed by atoms with Crippen molar-refractivity contribution in [3.8, 4) is 0 Å². The van der Waals surface area contributed by atoms with Gasteiger partial charge < -0.3 is 11.1 Å². The van der Waals surface area contributed by atoms with Gasteiger partial charge in [-0.15, -0.1) is 0 Å². The molecule has 0 radical (unpaired) electrons. The number of hydrogen-bond donors (Lipinski definition) is 3. The number of rotatable bonds is 2. The lowest BCUT2D eigenvalue weighted by atomic mass is 10.1. The van der Waals surface area contributed by atoms with Gasteiger partial charge in [0, 0.05) is 16.8 Å². The fourth-order valence-electron chi connectivity index (χ4n) is 1.55. The van der Waals surface area contributed by atoms with E-state index >= 15 is 0 Å². The lowest BCUT2D eigenvalue weighted by molar-refractivity contribution is 0.102. The van der Waals surface area contributed by atoms with Gasteiger partial charge in [-0.1, -0.05) is 6.07 Å². The molecular formula is C12H14N4O. The van der Waals surface area contributed by atoms with Crippen molar-refractivity contribution < 1.29 is 4.79 Å². The van der Waals surface area contributed by atoms with Gasteiger partial charge in [0.2, 0.25) is 0 Å². The lowest BCUT2D eigenvalue weighted by Gasteiger charge is -2.08. The average molecular weight is 230 g/mol. The molecule has 5 heteroatoms. The number of nitrogens with one attached hydrogen (secondary N) is 2. The minimum Gasteiger partial charge on any atom is -0.398 e. The third-order valence-corrected chi connectivity index (χ3v) is 2.69. The van der Waals surface area contributed by atoms with E-state index in [1.165, 1.54) is 0 Å². The molecule has 0 saturated heterocycles. The van der Waals surface area contributed by atoms with Gasteiger partial charge in [-0.2, -0.15) is 5.10 Å². The zero-order valence-electron chi connectivity index (χ0n) is 9.74. The number of benzene rings is 1. The quantitative estimate of drug-likeness (QED) is 0.688. The van der Waals surface area contributed by atoms with Gasteiger partial charge in [-0.05, 0) is 31.5 Å². The molecule has 0 aliphatic rings. The van der Waals surface area contributed by atoms with E-state index in [-0.39, 0.29) is 5.91 Å². The van der Waals surface area contributed by atoms with Crippen LogP contribution < -0.4 is 11.1 Å². The third kappa shape index (κ3) is 2.13. The standard InChI is InChI=1S/C12H14N4O/c1-7-6-14-16-11(7)15-12(17)9-4-3-5-10(13)8(9)2/h3-6H,13H2,1-2H3,(H2,14,15,16,17). The molecule has 1 aromatic carbocycles. The van der Waals surface area contributed by atoms with E-state index < -0.39 is 0 Å². The Hall–Kier alpha value is -2.30. The van der Waals surface area contributed by atoms with Crippen LogP contribution in [0, 0.1) is 13.8 Å². The van der Waals surface area contributed by atoms with Crippen molar-refractivity contribution in [1.82, 2.24) is 10.2 Å². The highest BCUT2D eigenvalue weighted by atomic mass is 16.1. The van der Waals surface area contributed by atoms with E-state index in [1.54, 1.807) is 24.4 Å². The second-order valence-corrected chi connectivity index (χ2v) is 3.90. The zero-order valence-corrected chi connectivity index (χ0v) is 9.74. The summed E-state index contributed by atoms with van der Waals surface area (Å²) in [6, 6.07) is 5.28. The number of amides is 1. The second kappa shape index (κ2) is 4.29. The molecule has 1 aromatic heterocycles. The Labute approximate surface area is 99.0 Å². The fourth-order valence-corrected chi connectivity index (χ4v) is 1.55. The smallest absolute Gasteiger partial charge is 0.257 e. The van der Waals surface area contributed by atoms with Crippen molar-refractivity contribution in [2.75, 3.05) is 11.1 Å². The van der Waals surface area contributed by atoms with Crippen LogP contribution >= 0.6 is 0 Å². The molecule has 4 N–H and O–H groups in total. The van der Waals surface area contributed by atoms with Gasteiger partial charge >= 0.3 is 0 Å². The van der Waals surface area contributed by atoms with Crippen LogP contribution in [0.25, 0.3) is 0 Å². The first kappa shape index (κ1) is 11.2. The molecule has 2 rings (SSSR count). The summed E-state index contributed by atoms with van der Waals surface area (Å²) in [5.41, 5.74) is 8.61. The van der Waals surface area contributed by atoms with E-state index in [0.717, 1.165) is 11.1 Å². The first-order valence-corrected chi connectivity index (χ1v) is 5.26. The summed E-state index contributed by atoms with van der Waals surface area (Å²) in [7, 11) is 0. The van der Waals surface area contributed by atoms with Gasteiger partial charge in [0.25, 0.3) is 5.91 Å². The number of aryl methyl sites for hydroxylation is 1. The Bertz CT molecular complexity index is 559. The molecule has 88 valence electrons. The monoisotopic (exact) mass is 230 g/mol. The van der Waals surface area contributed by atoms with Crippen LogP contribution in [0.4, 0.5) is 11.5 Å². The Morgan fingerprint density at radius 3 is 2.82 bits per heavy atom. The van der Waals surface area contributed by atoms with Crippen molar-refractivity contribution >= 4 is 17.4 Å². The summed E-state index contributed by atoms with van der Waals surface area (Å²) in [5, 5.41) is 9.33. The predicted octanol–water partition coefficient (Wildman–Crippen LogP) is 1.86. The number of nitrogen functional groups attached to an aromatic ring is 1. The van der Waals surface area contributed by atoms with Crippen molar-refractivity contribution in [3.05, 3.63) is 41.1 Å². The summed E-state index contributed by atoms with van der Waals surface area (Å²) in [4.78, 5) is 12.0. The SMILES string of the molecule is Cc1cn[nH]c1NC(=O)c1cccc(N)c1C. The normalized spacial score (nSPS) is 10.2. The van der Waals surface area contributed by atoms with Gasteiger partial charge in [-0.3, -0.25) is 9.89 Å². The van der Waals surface area contributed by atoms with E-state index in [4.69, 9.17) is 5.73 Å². The van der Waals surface area contributed by atoms with Gasteiger partial charge in [0.1, 0.15) is 5.82 Å². The van der Waals surface area contributed by atoms with E-state index in [1.807, 2.05) is 13.8 Å². The zero-order chi connectivity index (χ0) is 12.4. The number of carbonyl (C=O) groups is 1. The Morgan fingerprint density at radius 1 is 1.41 bits per heavy atom. The maximum Gasteiger partial charge on any atom is 0.257 e. The molecule has 1 heterocycles. The van der Waals surface area contributed by atoms with Crippen LogP contribution in [0.15, 0.2) is 24.4 Å². The number of nitrogens with zero attached hydrogens (tertiary/aromatic N) is 1. The first-order valence-electron chi connectivity index (χ1n) is 5.26. The fraction of sp³-hybridized carbons (Fsp3) is 0.167. The molecule has 0 bridgehead atoms. The Kier molecular flexibility index (Phi) is 2.82. The van der Waals surface area contributed by atoms with E-state index in [9.17, 15) is 4.79 Å². The summed E-state index contributed by atoms with van der Waals surface area (Å²) < 4.78 is 0. The van der Waals surface area contributed by atoms with Crippen LogP contribution in [0.2, 0.25) is 0 Å². The molecule has 1 amide bonds. The largest absolute Gasteiger partial charge is 0.398 e. The summed E-state index contributed by atoms with van der Waals surface area (Å²) in [5.74, 6) is 0.416. The number of carbonyl (C=O) groups excluding carboxylic acids is 1. The molecule has 2 aromatic rings. The van der Waals surface area contributed by atoms with Crippen LogP contribution in [0.5, 0.6) is 0 Å². The first-order chi connectivity index (χ1) is 8.09. The number of hydrogen-bond acceptors (Lipinski definition) is 3. The molecule has 0 atom stereocenters. The average Bonchev–Trinajstić information content (AvgIpc) is 2.68. The molecule has 17 heavy (non-hydrogen) atoms. The van der Waals surface area contributed by atoms with Crippen LogP contribution in [-0.4, -0.2) is 16.1 Å². The number of aromatic nitrogens is 2. The van der Waals surface area contributed by atoms with Gasteiger partial charge in [-0.25, -0.2) is 0 Å². The lowest BCUT2D eigenvalue weighted by Crippen LogP contribution is -2.15. The molecule has 5 nitrogen and oxygen atoms in total. The number of H-pyrrole nitrogens is 1. The summed E-state index contributed by atoms with van der Waals surface area (Å²) >= 11 is 0. The third-order valence-electron chi connectivity index (χ3n) is 2.69. The van der Waals surface area contributed by atoms with Crippen molar-refractivity contribution in [3.63, 3.8) is 0 Å². The second-order valence-electron chi connectivity index (χ2n) is 3.90. The Morgan fingerprint density at radius 2 is 2.18 bits per heavy atom. The summed E-state index contributed by atoms with van der Waals surface area (Å²) in [6.07, 6.45) is 1.65. The van der Waals surface area contributed by atoms with Gasteiger partial charge in [0.05, 0.1) is 6.20 Å². The molecule has 0 spiro atoms. The van der Waals surface area contributed by atoms with E-state index in [0.29, 0.717) is 17.1 Å². The molecule has 0 saturated carbocycles. The van der Waals surface area contributed by atoms with Crippen molar-refractivity contribution in [2.45, 2.75) is 13.8 Å². The Balaban J connectivity index is 2.27. The van der Waals surface area contributed by atoms with Crippen LogP contribution in [0.1, 0.15) is 21.5 Å². The molecule has 0 fully saturated rings. The highest BCUT2D eigenvalue weighted by Crippen LogP contribution is 2.17. The molecule has 0 unspecified atom stereocenters. The highest BCUT2D eigenvalue weighted by Gasteiger charge is 2.12. The summed E-state index contributed by atoms with van der Waals surface area (Å²) in [6.45, 7) is 3.69. The molecule has 0 aliphatic heterocycles. The van der Waals surface area contributed by atoms with E-state index in [2.05, 4.69) is 15.5 Å². The predicted molar refractivity (Wildman–Crippen MR) is 66.9 cm³/mol. The maximum absolute atomic E-state index is 12.0. The molecular weight excluding hydrogens is 216 g/mol. The van der Waals surface area contributed by atoms with Crippen LogP contribution in [-0.2, 0) is 0 Å². The van der Waals surface area contributed by atoms with Crippen molar-refractivity contribution in [2.24, 2.45) is 0 Å². The topological polar surface area (TPSA) is 83.8 Å². The minimum absolute atomic E-state index is 0.192.